The van der Waals surface area contributed by atoms with Crippen LogP contribution in [-0.2, 0) is 4.79 Å². The fourth-order valence-corrected chi connectivity index (χ4v) is 3.17. The fourth-order valence-electron chi connectivity index (χ4n) is 2.99. The first-order valence-corrected chi connectivity index (χ1v) is 8.74. The SMILES string of the molecule is CC[C@H](C(=O)Nc1cc(Cl)ccc1OC)n1c(C)nc2onc(C)c2c1=O. The van der Waals surface area contributed by atoms with Crippen molar-refractivity contribution in [1.82, 2.24) is 14.7 Å². The van der Waals surface area contributed by atoms with Crippen LogP contribution < -0.4 is 15.6 Å². The van der Waals surface area contributed by atoms with Gasteiger partial charge in [-0.3, -0.25) is 14.2 Å². The van der Waals surface area contributed by atoms with Crippen LogP contribution in [0.3, 0.4) is 0 Å². The molecule has 0 radical (unpaired) electrons. The van der Waals surface area contributed by atoms with Crippen LogP contribution in [0.1, 0.15) is 30.9 Å². The van der Waals surface area contributed by atoms with Gasteiger partial charge >= 0.3 is 0 Å². The highest BCUT2D eigenvalue weighted by Crippen LogP contribution is 2.29. The van der Waals surface area contributed by atoms with Crippen molar-refractivity contribution in [1.29, 1.82) is 0 Å². The van der Waals surface area contributed by atoms with Crippen LogP contribution in [0.4, 0.5) is 5.69 Å². The van der Waals surface area contributed by atoms with Gasteiger partial charge in [-0.25, -0.2) is 0 Å². The van der Waals surface area contributed by atoms with E-state index in [0.717, 1.165) is 0 Å². The number of nitrogens with one attached hydrogen (secondary N) is 1. The third kappa shape index (κ3) is 3.40. The summed E-state index contributed by atoms with van der Waals surface area (Å²) in [7, 11) is 1.50. The van der Waals surface area contributed by atoms with Crippen molar-refractivity contribution < 1.29 is 14.1 Å². The number of hydrogen-bond donors (Lipinski definition) is 1. The number of methoxy groups -OCH3 is 1. The Morgan fingerprint density at radius 1 is 1.41 bits per heavy atom. The van der Waals surface area contributed by atoms with Crippen LogP contribution in [0.2, 0.25) is 5.02 Å². The molecular weight excluding hydrogens is 372 g/mol. The highest BCUT2D eigenvalue weighted by atomic mass is 35.5. The minimum atomic E-state index is -0.771. The number of benzene rings is 1. The topological polar surface area (TPSA) is 99.2 Å². The predicted octanol–water partition coefficient (Wildman–Crippen LogP) is 3.25. The molecule has 0 bridgehead atoms. The van der Waals surface area contributed by atoms with E-state index >= 15 is 0 Å². The van der Waals surface area contributed by atoms with Crippen LogP contribution in [0.25, 0.3) is 11.1 Å². The van der Waals surface area contributed by atoms with Crippen LogP contribution in [0.5, 0.6) is 5.75 Å². The highest BCUT2D eigenvalue weighted by molar-refractivity contribution is 6.31. The standard InChI is InChI=1S/C18H19ClN4O4/c1-5-13(16(24)21-12-8-11(19)6-7-14(12)26-4)23-10(3)20-17-15(18(23)25)9(2)22-27-17/h6-8,13H,5H2,1-4H3,(H,21,24)/t13-/m1/s1. The average molecular weight is 391 g/mol. The van der Waals surface area contributed by atoms with Gasteiger partial charge in [0.15, 0.2) is 0 Å². The summed E-state index contributed by atoms with van der Waals surface area (Å²) in [4.78, 5) is 30.2. The van der Waals surface area contributed by atoms with Gasteiger partial charge in [0.1, 0.15) is 23.0 Å². The summed E-state index contributed by atoms with van der Waals surface area (Å²) in [6.07, 6.45) is 0.382. The highest BCUT2D eigenvalue weighted by Gasteiger charge is 2.25. The largest absolute Gasteiger partial charge is 0.495 e. The van der Waals surface area contributed by atoms with Gasteiger partial charge in [-0.05, 0) is 38.5 Å². The van der Waals surface area contributed by atoms with E-state index in [1.165, 1.54) is 11.7 Å². The number of aromatic nitrogens is 3. The monoisotopic (exact) mass is 390 g/mol. The van der Waals surface area contributed by atoms with Gasteiger partial charge in [0, 0.05) is 5.02 Å². The van der Waals surface area contributed by atoms with Crippen molar-refractivity contribution in [3.8, 4) is 5.75 Å². The lowest BCUT2D eigenvalue weighted by Crippen LogP contribution is -2.35. The molecule has 0 unspecified atom stereocenters. The van der Waals surface area contributed by atoms with Gasteiger partial charge in [0.2, 0.25) is 5.91 Å². The Balaban J connectivity index is 2.04. The van der Waals surface area contributed by atoms with Crippen molar-refractivity contribution >= 4 is 34.3 Å². The predicted molar refractivity (Wildman–Crippen MR) is 101 cm³/mol. The molecule has 0 aliphatic rings. The molecule has 3 aromatic rings. The number of ether oxygens (including phenoxy) is 1. The van der Waals surface area contributed by atoms with Crippen molar-refractivity contribution in [2.45, 2.75) is 33.2 Å². The number of rotatable bonds is 5. The molecule has 0 fully saturated rings. The van der Waals surface area contributed by atoms with E-state index in [9.17, 15) is 9.59 Å². The van der Waals surface area contributed by atoms with Gasteiger partial charge in [-0.15, -0.1) is 0 Å². The zero-order valence-electron chi connectivity index (χ0n) is 15.4. The van der Waals surface area contributed by atoms with Gasteiger partial charge in [0.25, 0.3) is 11.3 Å². The first-order chi connectivity index (χ1) is 12.9. The fraction of sp³-hybridized carbons (Fsp3) is 0.333. The maximum atomic E-state index is 13.0. The number of amides is 1. The molecule has 0 saturated heterocycles. The van der Waals surface area contributed by atoms with Crippen LogP contribution in [-0.4, -0.2) is 27.7 Å². The molecule has 2 aromatic heterocycles. The summed E-state index contributed by atoms with van der Waals surface area (Å²) in [6.45, 7) is 5.12. The number of halogens is 1. The molecule has 1 aromatic carbocycles. The molecular formula is C18H19ClN4O4. The lowest BCUT2D eigenvalue weighted by molar-refractivity contribution is -0.119. The zero-order valence-corrected chi connectivity index (χ0v) is 16.1. The van der Waals surface area contributed by atoms with Crippen LogP contribution in [0, 0.1) is 13.8 Å². The Morgan fingerprint density at radius 3 is 2.81 bits per heavy atom. The summed E-state index contributed by atoms with van der Waals surface area (Å²) >= 11 is 6.02. The Hall–Kier alpha value is -2.87. The number of fused-ring (bicyclic) bond motifs is 1. The maximum Gasteiger partial charge on any atom is 0.267 e. The third-order valence-corrected chi connectivity index (χ3v) is 4.54. The molecule has 142 valence electrons. The average Bonchev–Trinajstić information content (AvgIpc) is 2.99. The Morgan fingerprint density at radius 2 is 2.15 bits per heavy atom. The van der Waals surface area contributed by atoms with Crippen molar-refractivity contribution in [2.24, 2.45) is 0 Å². The molecule has 0 saturated carbocycles. The molecule has 0 spiro atoms. The molecule has 9 heteroatoms. The Bertz CT molecular complexity index is 1070. The normalized spacial score (nSPS) is 12.2. The van der Waals surface area contributed by atoms with Gasteiger partial charge in [-0.1, -0.05) is 23.7 Å². The van der Waals surface area contributed by atoms with E-state index < -0.39 is 6.04 Å². The quantitative estimate of drug-likeness (QED) is 0.717. The molecule has 2 heterocycles. The zero-order chi connectivity index (χ0) is 19.7. The number of aryl methyl sites for hydroxylation is 2. The number of carbonyl (C=O) groups excluding carboxylic acids is 1. The molecule has 8 nitrogen and oxygen atoms in total. The first kappa shape index (κ1) is 18.9. The molecule has 1 amide bonds. The van der Waals surface area contributed by atoms with Crippen molar-refractivity contribution in [2.75, 3.05) is 12.4 Å². The minimum Gasteiger partial charge on any atom is -0.495 e. The lowest BCUT2D eigenvalue weighted by atomic mass is 10.1. The molecule has 1 atom stereocenters. The van der Waals surface area contributed by atoms with Gasteiger partial charge in [-0.2, -0.15) is 4.98 Å². The minimum absolute atomic E-state index is 0.165. The van der Waals surface area contributed by atoms with E-state index in [1.807, 2.05) is 6.92 Å². The molecule has 3 rings (SSSR count). The number of hydrogen-bond acceptors (Lipinski definition) is 6. The molecule has 27 heavy (non-hydrogen) atoms. The van der Waals surface area contributed by atoms with Crippen LogP contribution in [0.15, 0.2) is 27.5 Å². The van der Waals surface area contributed by atoms with E-state index in [0.29, 0.717) is 34.4 Å². The van der Waals surface area contributed by atoms with E-state index in [1.54, 1.807) is 32.0 Å². The Kier molecular flexibility index (Phi) is 5.18. The van der Waals surface area contributed by atoms with Crippen molar-refractivity contribution in [3.05, 3.63) is 45.1 Å². The number of carbonyl (C=O) groups is 1. The second kappa shape index (κ2) is 7.40. The third-order valence-electron chi connectivity index (χ3n) is 4.31. The van der Waals surface area contributed by atoms with E-state index in [4.69, 9.17) is 20.9 Å². The van der Waals surface area contributed by atoms with Crippen molar-refractivity contribution in [3.63, 3.8) is 0 Å². The molecule has 0 aliphatic carbocycles. The summed E-state index contributed by atoms with van der Waals surface area (Å²) in [6, 6.07) is 4.14. The molecule has 0 aliphatic heterocycles. The first-order valence-electron chi connectivity index (χ1n) is 8.36. The molecule has 1 N–H and O–H groups in total. The van der Waals surface area contributed by atoms with Crippen LogP contribution >= 0.6 is 11.6 Å². The smallest absolute Gasteiger partial charge is 0.267 e. The number of anilines is 1. The summed E-state index contributed by atoms with van der Waals surface area (Å²) in [5.41, 5.74) is 0.659. The summed E-state index contributed by atoms with van der Waals surface area (Å²) in [5, 5.41) is 7.30. The second-order valence-electron chi connectivity index (χ2n) is 6.04. The Labute approximate surface area is 160 Å². The second-order valence-corrected chi connectivity index (χ2v) is 6.48. The number of nitrogens with zero attached hydrogens (tertiary/aromatic N) is 3. The van der Waals surface area contributed by atoms with E-state index in [2.05, 4.69) is 15.5 Å². The van der Waals surface area contributed by atoms with Gasteiger partial charge < -0.3 is 14.6 Å². The summed E-state index contributed by atoms with van der Waals surface area (Å²) in [5.74, 6) is 0.456. The maximum absolute atomic E-state index is 13.0. The van der Waals surface area contributed by atoms with E-state index in [-0.39, 0.29) is 22.6 Å². The van der Waals surface area contributed by atoms with Gasteiger partial charge in [0.05, 0.1) is 18.5 Å². The lowest BCUT2D eigenvalue weighted by Gasteiger charge is -2.20. The summed E-state index contributed by atoms with van der Waals surface area (Å²) < 4.78 is 11.7.